The lowest BCUT2D eigenvalue weighted by Crippen LogP contribution is -2.50. The number of likely N-dealkylation sites (N-methyl/N-ethyl adjacent to an activating group) is 1. The predicted octanol–water partition coefficient (Wildman–Crippen LogP) is 3.12. The Bertz CT molecular complexity index is 550. The van der Waals surface area contributed by atoms with Crippen molar-refractivity contribution in [3.63, 3.8) is 0 Å². The standard InChI is InChI=1S/C15H18F3NO3/c1-14(2,13(21)22)19(3)12(20)11-6-4-10(5-7-11)8-9-15(16,17)18/h4-7H,8-9H2,1-3H3,(H,21,22). The molecule has 1 aromatic rings. The molecule has 0 radical (unpaired) electrons. The van der Waals surface area contributed by atoms with Crippen molar-refractivity contribution in [3.8, 4) is 0 Å². The summed E-state index contributed by atoms with van der Waals surface area (Å²) in [5.41, 5.74) is -0.687. The van der Waals surface area contributed by atoms with Crippen LogP contribution in [0, 0.1) is 0 Å². The van der Waals surface area contributed by atoms with Crippen molar-refractivity contribution in [2.45, 2.75) is 38.4 Å². The minimum absolute atomic E-state index is 0.158. The second-order valence-electron chi connectivity index (χ2n) is 5.54. The summed E-state index contributed by atoms with van der Waals surface area (Å²) in [4.78, 5) is 24.4. The number of carboxylic acids is 1. The van der Waals surface area contributed by atoms with Gasteiger partial charge in [0, 0.05) is 19.0 Å². The van der Waals surface area contributed by atoms with E-state index in [-0.39, 0.29) is 12.0 Å². The Labute approximate surface area is 126 Å². The van der Waals surface area contributed by atoms with Crippen molar-refractivity contribution in [1.29, 1.82) is 0 Å². The molecular weight excluding hydrogens is 299 g/mol. The van der Waals surface area contributed by atoms with Gasteiger partial charge in [0.1, 0.15) is 5.54 Å². The molecule has 1 rings (SSSR count). The first kappa shape index (κ1) is 18.0. The van der Waals surface area contributed by atoms with Crippen LogP contribution in [0.15, 0.2) is 24.3 Å². The summed E-state index contributed by atoms with van der Waals surface area (Å²) in [7, 11) is 1.37. The number of rotatable bonds is 5. The first-order valence-corrected chi connectivity index (χ1v) is 6.62. The van der Waals surface area contributed by atoms with Gasteiger partial charge >= 0.3 is 12.1 Å². The van der Waals surface area contributed by atoms with Gasteiger partial charge in [0.25, 0.3) is 5.91 Å². The van der Waals surface area contributed by atoms with Crippen molar-refractivity contribution >= 4 is 11.9 Å². The highest BCUT2D eigenvalue weighted by molar-refractivity contribution is 5.97. The Balaban J connectivity index is 2.82. The van der Waals surface area contributed by atoms with Gasteiger partial charge in [-0.25, -0.2) is 4.79 Å². The van der Waals surface area contributed by atoms with Gasteiger partial charge < -0.3 is 10.0 Å². The topological polar surface area (TPSA) is 57.6 Å². The number of benzene rings is 1. The lowest BCUT2D eigenvalue weighted by Gasteiger charge is -2.31. The smallest absolute Gasteiger partial charge is 0.389 e. The Kier molecular flexibility index (Phi) is 5.22. The number of aliphatic carboxylic acids is 1. The summed E-state index contributed by atoms with van der Waals surface area (Å²) >= 11 is 0. The van der Waals surface area contributed by atoms with E-state index in [0.717, 1.165) is 4.90 Å². The molecular formula is C15H18F3NO3. The molecule has 0 aromatic heterocycles. The van der Waals surface area contributed by atoms with Gasteiger partial charge in [0.15, 0.2) is 0 Å². The Morgan fingerprint density at radius 2 is 1.64 bits per heavy atom. The van der Waals surface area contributed by atoms with E-state index in [1.807, 2.05) is 0 Å². The number of aryl methyl sites for hydroxylation is 1. The normalized spacial score (nSPS) is 12.1. The first-order valence-electron chi connectivity index (χ1n) is 6.62. The number of carboxylic acid groups (broad SMARTS) is 1. The van der Waals surface area contributed by atoms with E-state index in [4.69, 9.17) is 5.11 Å². The van der Waals surface area contributed by atoms with E-state index in [0.29, 0.717) is 5.56 Å². The van der Waals surface area contributed by atoms with Crippen LogP contribution < -0.4 is 0 Å². The summed E-state index contributed by atoms with van der Waals surface area (Å²) in [6.45, 7) is 2.79. The Hall–Kier alpha value is -2.05. The van der Waals surface area contributed by atoms with Gasteiger partial charge in [0.05, 0.1) is 0 Å². The molecule has 4 nitrogen and oxygen atoms in total. The molecule has 0 bridgehead atoms. The number of amides is 1. The van der Waals surface area contributed by atoms with Crippen molar-refractivity contribution in [1.82, 2.24) is 4.90 Å². The number of hydrogen-bond donors (Lipinski definition) is 1. The Morgan fingerprint density at radius 1 is 1.14 bits per heavy atom. The summed E-state index contributed by atoms with van der Waals surface area (Å²) < 4.78 is 36.4. The molecule has 0 saturated heterocycles. The quantitative estimate of drug-likeness (QED) is 0.908. The zero-order chi connectivity index (χ0) is 17.1. The van der Waals surface area contributed by atoms with Crippen molar-refractivity contribution < 1.29 is 27.9 Å². The average Bonchev–Trinajstić information content (AvgIpc) is 2.43. The monoisotopic (exact) mass is 317 g/mol. The van der Waals surface area contributed by atoms with E-state index in [2.05, 4.69) is 0 Å². The maximum atomic E-state index is 12.2. The highest BCUT2D eigenvalue weighted by Gasteiger charge is 2.35. The molecule has 1 aromatic carbocycles. The van der Waals surface area contributed by atoms with Gasteiger partial charge in [-0.15, -0.1) is 0 Å². The minimum atomic E-state index is -4.22. The number of nitrogens with zero attached hydrogens (tertiary/aromatic N) is 1. The number of halogens is 3. The van der Waals surface area contributed by atoms with E-state index >= 15 is 0 Å². The number of alkyl halides is 3. The highest BCUT2D eigenvalue weighted by Crippen LogP contribution is 2.22. The summed E-state index contributed by atoms with van der Waals surface area (Å²) in [5, 5.41) is 9.10. The van der Waals surface area contributed by atoms with Gasteiger partial charge in [0.2, 0.25) is 0 Å². The molecule has 1 amide bonds. The van der Waals surface area contributed by atoms with E-state index in [1.165, 1.54) is 45.2 Å². The van der Waals surface area contributed by atoms with Crippen LogP contribution in [0.2, 0.25) is 0 Å². The van der Waals surface area contributed by atoms with Crippen LogP contribution in [0.3, 0.4) is 0 Å². The van der Waals surface area contributed by atoms with Crippen LogP contribution in [-0.4, -0.2) is 40.6 Å². The highest BCUT2D eigenvalue weighted by atomic mass is 19.4. The molecule has 0 unspecified atom stereocenters. The molecule has 0 fully saturated rings. The van der Waals surface area contributed by atoms with Gasteiger partial charge in [-0.05, 0) is 38.0 Å². The van der Waals surface area contributed by atoms with E-state index in [1.54, 1.807) is 0 Å². The van der Waals surface area contributed by atoms with E-state index in [9.17, 15) is 22.8 Å². The van der Waals surface area contributed by atoms with Crippen LogP contribution in [0.1, 0.15) is 36.2 Å². The molecule has 1 N–H and O–H groups in total. The molecule has 22 heavy (non-hydrogen) atoms. The zero-order valence-corrected chi connectivity index (χ0v) is 12.6. The fourth-order valence-corrected chi connectivity index (χ4v) is 1.69. The molecule has 0 heterocycles. The first-order chi connectivity index (χ1) is 9.95. The number of hydrogen-bond acceptors (Lipinski definition) is 2. The maximum Gasteiger partial charge on any atom is 0.389 e. The number of carbonyl (C=O) groups excluding carboxylic acids is 1. The summed E-state index contributed by atoms with van der Waals surface area (Å²) in [6, 6.07) is 5.70. The molecule has 0 spiro atoms. The molecule has 0 aliphatic carbocycles. The lowest BCUT2D eigenvalue weighted by molar-refractivity contribution is -0.147. The second kappa shape index (κ2) is 6.37. The van der Waals surface area contributed by atoms with E-state index < -0.39 is 30.0 Å². The lowest BCUT2D eigenvalue weighted by atomic mass is 10.0. The second-order valence-corrected chi connectivity index (χ2v) is 5.54. The van der Waals surface area contributed by atoms with Crippen LogP contribution in [0.25, 0.3) is 0 Å². The van der Waals surface area contributed by atoms with Crippen LogP contribution in [0.5, 0.6) is 0 Å². The van der Waals surface area contributed by atoms with Crippen LogP contribution >= 0.6 is 0 Å². The van der Waals surface area contributed by atoms with Crippen LogP contribution in [0.4, 0.5) is 13.2 Å². The van der Waals surface area contributed by atoms with Crippen molar-refractivity contribution in [2.75, 3.05) is 7.05 Å². The average molecular weight is 317 g/mol. The third kappa shape index (κ3) is 4.47. The molecule has 122 valence electrons. The maximum absolute atomic E-state index is 12.2. The molecule has 7 heteroatoms. The fourth-order valence-electron chi connectivity index (χ4n) is 1.69. The summed E-state index contributed by atoms with van der Waals surface area (Å²) in [5.74, 6) is -1.65. The largest absolute Gasteiger partial charge is 0.480 e. The third-order valence-electron chi connectivity index (χ3n) is 3.56. The van der Waals surface area contributed by atoms with Gasteiger partial charge in [-0.1, -0.05) is 12.1 Å². The minimum Gasteiger partial charge on any atom is -0.480 e. The Morgan fingerprint density at radius 3 is 2.05 bits per heavy atom. The van der Waals surface area contributed by atoms with Crippen molar-refractivity contribution in [2.24, 2.45) is 0 Å². The fraction of sp³-hybridized carbons (Fsp3) is 0.467. The third-order valence-corrected chi connectivity index (χ3v) is 3.56. The number of carbonyl (C=O) groups is 2. The summed E-state index contributed by atoms with van der Waals surface area (Å²) in [6.07, 6.45) is -5.30. The van der Waals surface area contributed by atoms with Crippen molar-refractivity contribution in [3.05, 3.63) is 35.4 Å². The zero-order valence-electron chi connectivity index (χ0n) is 12.6. The molecule has 0 aliphatic rings. The predicted molar refractivity (Wildman–Crippen MR) is 74.6 cm³/mol. The SMILES string of the molecule is CN(C(=O)c1ccc(CCC(F)(F)F)cc1)C(C)(C)C(=O)O. The van der Waals surface area contributed by atoms with Gasteiger partial charge in [-0.3, -0.25) is 4.79 Å². The molecule has 0 atom stereocenters. The molecule has 0 saturated carbocycles. The van der Waals surface area contributed by atoms with Gasteiger partial charge in [-0.2, -0.15) is 13.2 Å². The molecule has 0 aliphatic heterocycles. The van der Waals surface area contributed by atoms with Crippen LogP contribution in [-0.2, 0) is 11.2 Å².